The minimum Gasteiger partial charge on any atom is -0.459 e. The fourth-order valence-electron chi connectivity index (χ4n) is 1.33. The van der Waals surface area contributed by atoms with Crippen LogP contribution in [0.25, 0.3) is 0 Å². The lowest BCUT2D eigenvalue weighted by molar-refractivity contribution is 0.0378. The van der Waals surface area contributed by atoms with Crippen molar-refractivity contribution in [2.75, 3.05) is 11.9 Å². The van der Waals surface area contributed by atoms with Gasteiger partial charge in [-0.05, 0) is 45.0 Å². The Balaban J connectivity index is 2.64. The number of carbonyl (C=O) groups is 1. The number of ether oxygens (including phenoxy) is 1. The first-order chi connectivity index (χ1) is 8.02. The second kappa shape index (κ2) is 6.25. The summed E-state index contributed by atoms with van der Waals surface area (Å²) in [7, 11) is 0. The van der Waals surface area contributed by atoms with Crippen LogP contribution in [0, 0.1) is 0 Å². The topological polar surface area (TPSA) is 64.3 Å². The predicted molar refractivity (Wildman–Crippen MR) is 69.1 cm³/mol. The van der Waals surface area contributed by atoms with Gasteiger partial charge in [0, 0.05) is 18.3 Å². The SMILES string of the molecule is CC(CN)Nc1ccc(C(=O)OC(C)C)cc1. The third-order valence-corrected chi connectivity index (χ3v) is 2.23. The molecule has 0 aliphatic heterocycles. The average Bonchev–Trinajstić information content (AvgIpc) is 2.28. The molecule has 1 atom stereocenters. The molecule has 0 radical (unpaired) electrons. The Hall–Kier alpha value is -1.55. The summed E-state index contributed by atoms with van der Waals surface area (Å²) in [6.45, 7) is 6.23. The molecule has 0 saturated heterocycles. The van der Waals surface area contributed by atoms with Gasteiger partial charge in [0.1, 0.15) is 0 Å². The summed E-state index contributed by atoms with van der Waals surface area (Å²) < 4.78 is 5.10. The van der Waals surface area contributed by atoms with E-state index in [0.717, 1.165) is 5.69 Å². The fourth-order valence-corrected chi connectivity index (χ4v) is 1.33. The van der Waals surface area contributed by atoms with Crippen molar-refractivity contribution in [3.05, 3.63) is 29.8 Å². The van der Waals surface area contributed by atoms with Crippen molar-refractivity contribution in [1.82, 2.24) is 0 Å². The van der Waals surface area contributed by atoms with Crippen LogP contribution in [0.4, 0.5) is 5.69 Å². The second-order valence-electron chi connectivity index (χ2n) is 4.31. The highest BCUT2D eigenvalue weighted by Crippen LogP contribution is 2.12. The van der Waals surface area contributed by atoms with Gasteiger partial charge >= 0.3 is 5.97 Å². The lowest BCUT2D eigenvalue weighted by atomic mass is 10.2. The number of rotatable bonds is 5. The standard InChI is InChI=1S/C13H20N2O2/c1-9(2)17-13(16)11-4-6-12(7-5-11)15-10(3)8-14/h4-7,9-10,15H,8,14H2,1-3H3. The van der Waals surface area contributed by atoms with Gasteiger partial charge < -0.3 is 15.8 Å². The lowest BCUT2D eigenvalue weighted by Crippen LogP contribution is -2.25. The summed E-state index contributed by atoms with van der Waals surface area (Å²) >= 11 is 0. The first-order valence-corrected chi connectivity index (χ1v) is 5.80. The molecule has 0 amide bonds. The average molecular weight is 236 g/mol. The van der Waals surface area contributed by atoms with Crippen molar-refractivity contribution in [2.24, 2.45) is 5.73 Å². The zero-order valence-electron chi connectivity index (χ0n) is 10.6. The minimum atomic E-state index is -0.293. The van der Waals surface area contributed by atoms with Crippen molar-refractivity contribution in [3.63, 3.8) is 0 Å². The Morgan fingerprint density at radius 3 is 2.35 bits per heavy atom. The molecule has 94 valence electrons. The summed E-state index contributed by atoms with van der Waals surface area (Å²) in [5.74, 6) is -0.293. The van der Waals surface area contributed by atoms with Crippen LogP contribution in [0.2, 0.25) is 0 Å². The van der Waals surface area contributed by atoms with E-state index in [1.165, 1.54) is 0 Å². The van der Waals surface area contributed by atoms with Gasteiger partial charge in [-0.15, -0.1) is 0 Å². The number of benzene rings is 1. The highest BCUT2D eigenvalue weighted by molar-refractivity contribution is 5.89. The van der Waals surface area contributed by atoms with E-state index in [0.29, 0.717) is 12.1 Å². The molecule has 4 nitrogen and oxygen atoms in total. The van der Waals surface area contributed by atoms with Crippen molar-refractivity contribution in [1.29, 1.82) is 0 Å². The molecule has 17 heavy (non-hydrogen) atoms. The Labute approximate surface area is 102 Å². The molecule has 0 fully saturated rings. The van der Waals surface area contributed by atoms with Gasteiger partial charge in [-0.25, -0.2) is 4.79 Å². The summed E-state index contributed by atoms with van der Waals surface area (Å²) in [4.78, 5) is 11.6. The molecule has 4 heteroatoms. The summed E-state index contributed by atoms with van der Waals surface area (Å²) in [6.07, 6.45) is -0.0995. The molecule has 1 rings (SSSR count). The van der Waals surface area contributed by atoms with Crippen molar-refractivity contribution in [3.8, 4) is 0 Å². The maximum atomic E-state index is 11.6. The molecular formula is C13H20N2O2. The molecule has 0 heterocycles. The number of esters is 1. The molecule has 0 spiro atoms. The molecule has 1 aromatic rings. The smallest absolute Gasteiger partial charge is 0.338 e. The van der Waals surface area contributed by atoms with Gasteiger partial charge in [0.15, 0.2) is 0 Å². The third-order valence-electron chi connectivity index (χ3n) is 2.23. The van der Waals surface area contributed by atoms with Crippen LogP contribution in [-0.2, 0) is 4.74 Å². The number of nitrogens with two attached hydrogens (primary N) is 1. The maximum absolute atomic E-state index is 11.6. The zero-order valence-corrected chi connectivity index (χ0v) is 10.6. The first-order valence-electron chi connectivity index (χ1n) is 5.80. The van der Waals surface area contributed by atoms with Crippen molar-refractivity contribution in [2.45, 2.75) is 32.9 Å². The summed E-state index contributed by atoms with van der Waals surface area (Å²) in [5, 5.41) is 3.22. The number of anilines is 1. The van der Waals surface area contributed by atoms with Crippen molar-refractivity contribution < 1.29 is 9.53 Å². The molecule has 1 unspecified atom stereocenters. The normalized spacial score (nSPS) is 12.3. The Bertz CT molecular complexity index is 360. The Morgan fingerprint density at radius 2 is 1.88 bits per heavy atom. The van der Waals surface area contributed by atoms with E-state index < -0.39 is 0 Å². The third kappa shape index (κ3) is 4.44. The number of hydrogen-bond donors (Lipinski definition) is 2. The van der Waals surface area contributed by atoms with Gasteiger partial charge in [-0.3, -0.25) is 0 Å². The van der Waals surface area contributed by atoms with Crippen LogP contribution in [0.1, 0.15) is 31.1 Å². The van der Waals surface area contributed by atoms with Crippen LogP contribution in [0.3, 0.4) is 0 Å². The molecule has 0 aliphatic rings. The highest BCUT2D eigenvalue weighted by atomic mass is 16.5. The van der Waals surface area contributed by atoms with Crippen LogP contribution >= 0.6 is 0 Å². The quantitative estimate of drug-likeness (QED) is 0.768. The van der Waals surface area contributed by atoms with E-state index in [1.807, 2.05) is 32.9 Å². The molecule has 0 bridgehead atoms. The molecule has 0 saturated carbocycles. The summed E-state index contributed by atoms with van der Waals surface area (Å²) in [5.41, 5.74) is 7.02. The monoisotopic (exact) mass is 236 g/mol. The van der Waals surface area contributed by atoms with E-state index in [-0.39, 0.29) is 18.1 Å². The van der Waals surface area contributed by atoms with Gasteiger partial charge in [0.05, 0.1) is 11.7 Å². The van der Waals surface area contributed by atoms with Crippen LogP contribution in [-0.4, -0.2) is 24.7 Å². The Kier molecular flexibility index (Phi) is 4.97. The molecular weight excluding hydrogens is 216 g/mol. The van der Waals surface area contributed by atoms with Crippen molar-refractivity contribution >= 4 is 11.7 Å². The Morgan fingerprint density at radius 1 is 1.29 bits per heavy atom. The molecule has 3 N–H and O–H groups in total. The highest BCUT2D eigenvalue weighted by Gasteiger charge is 2.08. The van der Waals surface area contributed by atoms with Gasteiger partial charge in [-0.2, -0.15) is 0 Å². The number of carbonyl (C=O) groups excluding carboxylic acids is 1. The van der Waals surface area contributed by atoms with E-state index >= 15 is 0 Å². The zero-order chi connectivity index (χ0) is 12.8. The molecule has 1 aromatic carbocycles. The van der Waals surface area contributed by atoms with Gasteiger partial charge in [0.2, 0.25) is 0 Å². The second-order valence-corrected chi connectivity index (χ2v) is 4.31. The van der Waals surface area contributed by atoms with Gasteiger partial charge in [0.25, 0.3) is 0 Å². The van der Waals surface area contributed by atoms with E-state index in [2.05, 4.69) is 5.32 Å². The van der Waals surface area contributed by atoms with Crippen LogP contribution in [0.15, 0.2) is 24.3 Å². The van der Waals surface area contributed by atoms with E-state index in [4.69, 9.17) is 10.5 Å². The van der Waals surface area contributed by atoms with Crippen LogP contribution in [0.5, 0.6) is 0 Å². The van der Waals surface area contributed by atoms with E-state index in [1.54, 1.807) is 12.1 Å². The number of nitrogens with one attached hydrogen (secondary N) is 1. The summed E-state index contributed by atoms with van der Waals surface area (Å²) in [6, 6.07) is 7.40. The molecule has 0 aromatic heterocycles. The van der Waals surface area contributed by atoms with E-state index in [9.17, 15) is 4.79 Å². The fraction of sp³-hybridized carbons (Fsp3) is 0.462. The first kappa shape index (κ1) is 13.5. The van der Waals surface area contributed by atoms with Gasteiger partial charge in [-0.1, -0.05) is 0 Å². The lowest BCUT2D eigenvalue weighted by Gasteiger charge is -2.13. The number of hydrogen-bond acceptors (Lipinski definition) is 4. The van der Waals surface area contributed by atoms with Crippen LogP contribution < -0.4 is 11.1 Å². The predicted octanol–water partition coefficient (Wildman–Crippen LogP) is 2.01. The largest absolute Gasteiger partial charge is 0.459 e. The molecule has 0 aliphatic carbocycles. The maximum Gasteiger partial charge on any atom is 0.338 e. The minimum absolute atomic E-state index is 0.0995.